The lowest BCUT2D eigenvalue weighted by molar-refractivity contribution is -0.340. The van der Waals surface area contributed by atoms with Crippen molar-refractivity contribution in [1.29, 1.82) is 0 Å². The van der Waals surface area contributed by atoms with Crippen molar-refractivity contribution >= 4 is 17.7 Å². The van der Waals surface area contributed by atoms with Crippen LogP contribution in [0, 0.1) is 52.3 Å². The minimum atomic E-state index is -2.11. The molecule has 234 valence electrons. The van der Waals surface area contributed by atoms with Gasteiger partial charge in [0.15, 0.2) is 11.6 Å². The number of aliphatic hydroxyl groups is 4. The molecule has 6 aliphatic rings. The van der Waals surface area contributed by atoms with Crippen LogP contribution in [-0.4, -0.2) is 80.6 Å². The quantitative estimate of drug-likeness (QED) is 0.356. The van der Waals surface area contributed by atoms with E-state index in [4.69, 9.17) is 14.2 Å². The number of hydrogen-bond acceptors (Lipinski definition) is 10. The first-order valence-electron chi connectivity index (χ1n) is 15.6. The molecule has 2 aliphatic heterocycles. The van der Waals surface area contributed by atoms with Crippen LogP contribution in [0.15, 0.2) is 11.6 Å². The lowest BCUT2D eigenvalue weighted by Gasteiger charge is -2.68. The second-order valence-corrected chi connectivity index (χ2v) is 15.1. The molecule has 3 saturated carbocycles. The van der Waals surface area contributed by atoms with E-state index in [1.807, 2.05) is 13.8 Å². The van der Waals surface area contributed by atoms with Gasteiger partial charge in [-0.05, 0) is 61.9 Å². The molecule has 5 fully saturated rings. The molecule has 6 rings (SSSR count). The largest absolute Gasteiger partial charge is 0.459 e. The zero-order chi connectivity index (χ0) is 30.7. The lowest BCUT2D eigenvalue weighted by Crippen LogP contribution is -2.78. The van der Waals surface area contributed by atoms with Crippen LogP contribution in [-0.2, 0) is 28.6 Å². The standard InChI is InChI=1S/C32H46O10/c1-14(2)18-8-7-15(3)11-30(18,38)12-22(34)42-24-23-17(5)25(35)32(39)28-29(6)19(16(4)9-20(33)26(29)36)10-21(41-27(24)37)31(23,28)13-40-32/h9,14-15,17-19,21,23-26,28,35-36,38-39H,7-8,10-13H2,1-6H3/t15?,17-,18+,19+,21-,23-,24-,25-,26-,28-,29-,30-,31+,32-/m1/s1. The minimum absolute atomic E-state index is 0.0996. The fourth-order valence-corrected chi connectivity index (χ4v) is 10.9. The molecule has 0 aromatic rings. The third-order valence-electron chi connectivity index (χ3n) is 12.5. The summed E-state index contributed by atoms with van der Waals surface area (Å²) in [6.45, 7) is 11.2. The molecule has 0 radical (unpaired) electrons. The van der Waals surface area contributed by atoms with Crippen molar-refractivity contribution in [2.45, 2.75) is 109 Å². The Balaban J connectivity index is 1.38. The van der Waals surface area contributed by atoms with Gasteiger partial charge >= 0.3 is 11.9 Å². The number of carbonyl (C=O) groups excluding carboxylic acids is 3. The lowest BCUT2D eigenvalue weighted by atomic mass is 9.38. The molecular formula is C32H46O10. The summed E-state index contributed by atoms with van der Waals surface area (Å²) < 4.78 is 18.0. The predicted molar refractivity (Wildman–Crippen MR) is 147 cm³/mol. The van der Waals surface area contributed by atoms with Gasteiger partial charge in [-0.3, -0.25) is 9.59 Å². The molecule has 0 aromatic heterocycles. The van der Waals surface area contributed by atoms with Crippen molar-refractivity contribution in [3.8, 4) is 0 Å². The third kappa shape index (κ3) is 3.77. The maximum absolute atomic E-state index is 13.7. The average molecular weight is 591 g/mol. The van der Waals surface area contributed by atoms with Crippen molar-refractivity contribution < 1.29 is 49.0 Å². The van der Waals surface area contributed by atoms with Crippen molar-refractivity contribution in [3.63, 3.8) is 0 Å². The number of ketones is 1. The van der Waals surface area contributed by atoms with E-state index >= 15 is 0 Å². The zero-order valence-corrected chi connectivity index (χ0v) is 25.4. The summed E-state index contributed by atoms with van der Waals surface area (Å²) in [5.41, 5.74) is -2.95. The first-order chi connectivity index (χ1) is 19.5. The van der Waals surface area contributed by atoms with Crippen LogP contribution in [0.2, 0.25) is 0 Å². The molecule has 10 nitrogen and oxygen atoms in total. The number of esters is 2. The summed E-state index contributed by atoms with van der Waals surface area (Å²) in [7, 11) is 0. The van der Waals surface area contributed by atoms with Crippen LogP contribution in [0.1, 0.15) is 73.6 Å². The van der Waals surface area contributed by atoms with Crippen molar-refractivity contribution in [2.24, 2.45) is 52.3 Å². The zero-order valence-electron chi connectivity index (χ0n) is 25.4. The van der Waals surface area contributed by atoms with Gasteiger partial charge in [-0.2, -0.15) is 0 Å². The summed E-state index contributed by atoms with van der Waals surface area (Å²) in [5.74, 6) is -6.77. The van der Waals surface area contributed by atoms with Crippen LogP contribution >= 0.6 is 0 Å². The van der Waals surface area contributed by atoms with Gasteiger partial charge in [-0.1, -0.05) is 46.6 Å². The highest BCUT2D eigenvalue weighted by Crippen LogP contribution is 2.73. The second kappa shape index (κ2) is 9.57. The number of fused-ring (bicyclic) bond motifs is 1. The molecule has 42 heavy (non-hydrogen) atoms. The Bertz CT molecular complexity index is 1210. The fraction of sp³-hybridized carbons (Fsp3) is 0.844. The predicted octanol–water partition coefficient (Wildman–Crippen LogP) is 1.90. The Morgan fingerprint density at radius 3 is 2.52 bits per heavy atom. The molecule has 2 bridgehead atoms. The molecule has 0 aromatic carbocycles. The Kier molecular flexibility index (Phi) is 6.88. The van der Waals surface area contributed by atoms with Crippen LogP contribution in [0.5, 0.6) is 0 Å². The summed E-state index contributed by atoms with van der Waals surface area (Å²) in [6.07, 6.45) is -1.52. The number of aliphatic hydroxyl groups excluding tert-OH is 2. The van der Waals surface area contributed by atoms with Crippen molar-refractivity contribution in [1.82, 2.24) is 0 Å². The van der Waals surface area contributed by atoms with Gasteiger partial charge in [0.2, 0.25) is 6.10 Å². The van der Waals surface area contributed by atoms with Gasteiger partial charge in [-0.25, -0.2) is 4.79 Å². The molecule has 1 unspecified atom stereocenters. The van der Waals surface area contributed by atoms with Crippen molar-refractivity contribution in [2.75, 3.05) is 6.61 Å². The van der Waals surface area contributed by atoms with Gasteiger partial charge in [0.05, 0.1) is 18.6 Å². The van der Waals surface area contributed by atoms with E-state index in [0.717, 1.165) is 12.8 Å². The van der Waals surface area contributed by atoms with Crippen molar-refractivity contribution in [3.05, 3.63) is 11.6 Å². The summed E-state index contributed by atoms with van der Waals surface area (Å²) in [6, 6.07) is 0. The van der Waals surface area contributed by atoms with Gasteiger partial charge in [-0.15, -0.1) is 0 Å². The summed E-state index contributed by atoms with van der Waals surface area (Å²) in [4.78, 5) is 40.2. The van der Waals surface area contributed by atoms with E-state index < -0.39 is 88.0 Å². The minimum Gasteiger partial charge on any atom is -0.459 e. The highest BCUT2D eigenvalue weighted by atomic mass is 16.7. The number of carbonyl (C=O) groups is 3. The number of ether oxygens (including phenoxy) is 3. The molecule has 2 saturated heterocycles. The van der Waals surface area contributed by atoms with E-state index in [-0.39, 0.29) is 30.8 Å². The molecule has 4 N–H and O–H groups in total. The van der Waals surface area contributed by atoms with E-state index in [2.05, 4.69) is 6.92 Å². The topological polar surface area (TPSA) is 160 Å². The number of rotatable bonds is 4. The molecular weight excluding hydrogens is 544 g/mol. The monoisotopic (exact) mass is 590 g/mol. The van der Waals surface area contributed by atoms with Gasteiger partial charge in [0, 0.05) is 22.7 Å². The second-order valence-electron chi connectivity index (χ2n) is 15.1. The van der Waals surface area contributed by atoms with Crippen LogP contribution in [0.3, 0.4) is 0 Å². The van der Waals surface area contributed by atoms with E-state index in [1.54, 1.807) is 20.8 Å². The van der Waals surface area contributed by atoms with E-state index in [1.165, 1.54) is 6.08 Å². The molecule has 2 heterocycles. The fourth-order valence-electron chi connectivity index (χ4n) is 10.9. The highest BCUT2D eigenvalue weighted by Gasteiger charge is 2.83. The Labute approximate surface area is 246 Å². The maximum atomic E-state index is 13.7. The first-order valence-corrected chi connectivity index (χ1v) is 15.6. The SMILES string of the molecule is CC1=CC(=O)[C@@H](O)[C@]2(C)[C@H]3[C@]4(O)OC[C@]35[C@H]([C@@H](C)[C@H]4O)[C@@H](OC(=O)C[C@]3(O)CC(C)CC[C@H]3C(C)C)C(=O)O[C@@H]5C[C@@H]12. The van der Waals surface area contributed by atoms with Crippen LogP contribution < -0.4 is 0 Å². The molecule has 14 atom stereocenters. The number of hydrogen-bond donors (Lipinski definition) is 4. The molecule has 1 spiro atoms. The molecule has 0 amide bonds. The van der Waals surface area contributed by atoms with E-state index in [0.29, 0.717) is 18.4 Å². The van der Waals surface area contributed by atoms with Gasteiger partial charge in [0.1, 0.15) is 18.3 Å². The maximum Gasteiger partial charge on any atom is 0.348 e. The molecule has 10 heteroatoms. The summed E-state index contributed by atoms with van der Waals surface area (Å²) >= 11 is 0. The third-order valence-corrected chi connectivity index (χ3v) is 12.5. The van der Waals surface area contributed by atoms with E-state index in [9.17, 15) is 34.8 Å². The number of allylic oxidation sites excluding steroid dienone is 1. The summed E-state index contributed by atoms with van der Waals surface area (Å²) in [5, 5.41) is 46.6. The highest BCUT2D eigenvalue weighted by molar-refractivity contribution is 5.96. The van der Waals surface area contributed by atoms with Crippen LogP contribution in [0.4, 0.5) is 0 Å². The average Bonchev–Trinajstić information content (AvgIpc) is 3.18. The normalized spacial score (nSPS) is 53.2. The Hall–Kier alpha value is -1.85. The van der Waals surface area contributed by atoms with Gasteiger partial charge in [0.25, 0.3) is 0 Å². The smallest absolute Gasteiger partial charge is 0.348 e. The Morgan fingerprint density at radius 1 is 1.17 bits per heavy atom. The first kappa shape index (κ1) is 30.2. The van der Waals surface area contributed by atoms with Crippen LogP contribution in [0.25, 0.3) is 0 Å². The Morgan fingerprint density at radius 2 is 1.86 bits per heavy atom. The molecule has 4 aliphatic carbocycles. The van der Waals surface area contributed by atoms with Gasteiger partial charge < -0.3 is 34.6 Å².